The highest BCUT2D eigenvalue weighted by molar-refractivity contribution is 5.92. The third kappa shape index (κ3) is 2.16. The zero-order valence-electron chi connectivity index (χ0n) is 6.93. The molecule has 0 aromatic carbocycles. The van der Waals surface area contributed by atoms with E-state index in [9.17, 15) is 9.59 Å². The number of amides is 1. The maximum absolute atomic E-state index is 11.1. The predicted molar refractivity (Wildman–Crippen MR) is 46.3 cm³/mol. The van der Waals surface area contributed by atoms with E-state index in [1.807, 2.05) is 0 Å². The van der Waals surface area contributed by atoms with Crippen molar-refractivity contribution < 1.29 is 9.90 Å². The van der Waals surface area contributed by atoms with Crippen LogP contribution in [-0.2, 0) is 6.54 Å². The monoisotopic (exact) mass is 182 g/mol. The van der Waals surface area contributed by atoms with Gasteiger partial charge in [0.15, 0.2) is 0 Å². The number of nitrogens with two attached hydrogens (primary N) is 1. The minimum Gasteiger partial charge on any atom is -0.395 e. The molecule has 0 unspecified atom stereocenters. The number of aromatic nitrogens is 1. The third-order valence-electron chi connectivity index (χ3n) is 1.61. The molecule has 5 heteroatoms. The molecule has 3 N–H and O–H groups in total. The van der Waals surface area contributed by atoms with Crippen LogP contribution in [0, 0.1) is 0 Å². The van der Waals surface area contributed by atoms with Crippen LogP contribution in [0.3, 0.4) is 0 Å². The van der Waals surface area contributed by atoms with E-state index >= 15 is 0 Å². The fourth-order valence-corrected chi connectivity index (χ4v) is 0.960. The van der Waals surface area contributed by atoms with Gasteiger partial charge in [-0.2, -0.15) is 0 Å². The van der Waals surface area contributed by atoms with E-state index in [1.54, 1.807) is 0 Å². The van der Waals surface area contributed by atoms with Gasteiger partial charge in [0.1, 0.15) is 0 Å². The summed E-state index contributed by atoms with van der Waals surface area (Å²) in [6, 6.07) is 2.61. The molecule has 0 bridgehead atoms. The zero-order chi connectivity index (χ0) is 9.84. The molecule has 0 radical (unpaired) electrons. The lowest BCUT2D eigenvalue weighted by molar-refractivity contribution is 0.0999. The van der Waals surface area contributed by atoms with Crippen LogP contribution in [0.4, 0.5) is 0 Å². The summed E-state index contributed by atoms with van der Waals surface area (Å²) in [6.45, 7) is 0.0159. The van der Waals surface area contributed by atoms with E-state index in [4.69, 9.17) is 10.8 Å². The van der Waals surface area contributed by atoms with Crippen LogP contribution in [0.25, 0.3) is 0 Å². The first-order valence-electron chi connectivity index (χ1n) is 3.76. The topological polar surface area (TPSA) is 85.3 Å². The maximum atomic E-state index is 11.1. The summed E-state index contributed by atoms with van der Waals surface area (Å²) in [5, 5.41) is 8.60. The minimum atomic E-state index is -0.591. The van der Waals surface area contributed by atoms with E-state index in [0.29, 0.717) is 0 Å². The average molecular weight is 182 g/mol. The largest absolute Gasteiger partial charge is 0.395 e. The van der Waals surface area contributed by atoms with Gasteiger partial charge in [-0.25, -0.2) is 0 Å². The molecule has 1 amide bonds. The number of aliphatic hydroxyl groups excluding tert-OH is 1. The summed E-state index contributed by atoms with van der Waals surface area (Å²) in [5.41, 5.74) is 5.00. The highest BCUT2D eigenvalue weighted by Gasteiger charge is 2.02. The normalized spacial score (nSPS) is 9.92. The number of primary amides is 1. The number of aliphatic hydroxyl groups is 1. The lowest BCUT2D eigenvalue weighted by Gasteiger charge is -2.03. The van der Waals surface area contributed by atoms with Crippen molar-refractivity contribution in [2.24, 2.45) is 5.73 Å². The van der Waals surface area contributed by atoms with Gasteiger partial charge in [-0.1, -0.05) is 0 Å². The second kappa shape index (κ2) is 3.86. The molecule has 0 saturated heterocycles. The molecular formula is C8H10N2O3. The molecule has 0 aliphatic rings. The number of carbonyl (C=O) groups is 1. The molecular weight excluding hydrogens is 172 g/mol. The molecule has 1 aromatic rings. The number of hydrogen-bond donors (Lipinski definition) is 2. The van der Waals surface area contributed by atoms with Crippen molar-refractivity contribution in [3.05, 3.63) is 34.2 Å². The zero-order valence-corrected chi connectivity index (χ0v) is 6.93. The van der Waals surface area contributed by atoms with Crippen LogP contribution in [0.15, 0.2) is 23.1 Å². The number of pyridine rings is 1. The van der Waals surface area contributed by atoms with Crippen molar-refractivity contribution in [3.8, 4) is 0 Å². The van der Waals surface area contributed by atoms with E-state index in [1.165, 1.54) is 22.9 Å². The molecule has 70 valence electrons. The van der Waals surface area contributed by atoms with Crippen molar-refractivity contribution in [1.29, 1.82) is 0 Å². The molecule has 1 aromatic heterocycles. The molecule has 0 atom stereocenters. The summed E-state index contributed by atoms with van der Waals surface area (Å²) in [4.78, 5) is 21.8. The lowest BCUT2D eigenvalue weighted by atomic mass is 10.3. The van der Waals surface area contributed by atoms with E-state index < -0.39 is 5.91 Å². The predicted octanol–water partition coefficient (Wildman–Crippen LogP) is -1.06. The van der Waals surface area contributed by atoms with Gasteiger partial charge >= 0.3 is 0 Å². The first-order chi connectivity index (χ1) is 6.15. The molecule has 1 heterocycles. The van der Waals surface area contributed by atoms with E-state index in [-0.39, 0.29) is 24.3 Å². The highest BCUT2D eigenvalue weighted by atomic mass is 16.3. The van der Waals surface area contributed by atoms with Gasteiger partial charge < -0.3 is 15.4 Å². The summed E-state index contributed by atoms with van der Waals surface area (Å²) in [5.74, 6) is -0.591. The van der Waals surface area contributed by atoms with Crippen LogP contribution in [0.2, 0.25) is 0 Å². The first-order valence-corrected chi connectivity index (χ1v) is 3.76. The van der Waals surface area contributed by atoms with Gasteiger partial charge in [0.05, 0.1) is 12.2 Å². The number of hydrogen-bond acceptors (Lipinski definition) is 3. The van der Waals surface area contributed by atoms with Crippen molar-refractivity contribution in [1.82, 2.24) is 4.57 Å². The Labute approximate surface area is 74.4 Å². The molecule has 13 heavy (non-hydrogen) atoms. The molecule has 0 spiro atoms. The quantitative estimate of drug-likeness (QED) is 0.624. The molecule has 1 rings (SSSR count). The van der Waals surface area contributed by atoms with Gasteiger partial charge in [-0.15, -0.1) is 0 Å². The number of nitrogens with zero attached hydrogens (tertiary/aromatic N) is 1. The molecule has 0 saturated carbocycles. The smallest absolute Gasteiger partial charge is 0.250 e. The van der Waals surface area contributed by atoms with E-state index in [0.717, 1.165) is 0 Å². The summed E-state index contributed by atoms with van der Waals surface area (Å²) in [6.07, 6.45) is 1.33. The average Bonchev–Trinajstić information content (AvgIpc) is 2.08. The Kier molecular flexibility index (Phi) is 2.81. The Hall–Kier alpha value is -1.62. The fourth-order valence-electron chi connectivity index (χ4n) is 0.960. The van der Waals surface area contributed by atoms with Crippen molar-refractivity contribution in [3.63, 3.8) is 0 Å². The Bertz CT molecular complexity index is 370. The third-order valence-corrected chi connectivity index (χ3v) is 1.61. The molecule has 5 nitrogen and oxygen atoms in total. The van der Waals surface area contributed by atoms with Gasteiger partial charge in [0.25, 0.3) is 5.56 Å². The van der Waals surface area contributed by atoms with Crippen LogP contribution in [0.1, 0.15) is 10.4 Å². The van der Waals surface area contributed by atoms with Crippen LogP contribution < -0.4 is 11.3 Å². The molecule has 0 fully saturated rings. The van der Waals surface area contributed by atoms with Crippen molar-refractivity contribution in [2.45, 2.75) is 6.54 Å². The fraction of sp³-hybridized carbons (Fsp3) is 0.250. The van der Waals surface area contributed by atoms with Crippen molar-refractivity contribution >= 4 is 5.91 Å². The SMILES string of the molecule is NC(=O)c1ccc(=O)n(CCO)c1. The van der Waals surface area contributed by atoms with Crippen molar-refractivity contribution in [2.75, 3.05) is 6.61 Å². The minimum absolute atomic E-state index is 0.151. The van der Waals surface area contributed by atoms with Gasteiger partial charge in [0, 0.05) is 18.8 Å². The highest BCUT2D eigenvalue weighted by Crippen LogP contribution is 1.93. The summed E-state index contributed by atoms with van der Waals surface area (Å²) >= 11 is 0. The second-order valence-electron chi connectivity index (χ2n) is 2.54. The maximum Gasteiger partial charge on any atom is 0.250 e. The second-order valence-corrected chi connectivity index (χ2v) is 2.54. The van der Waals surface area contributed by atoms with Gasteiger partial charge in [-0.05, 0) is 6.07 Å². The Morgan fingerprint density at radius 3 is 2.77 bits per heavy atom. The Morgan fingerprint density at radius 1 is 1.54 bits per heavy atom. The molecule has 0 aliphatic carbocycles. The van der Waals surface area contributed by atoms with Crippen LogP contribution in [0.5, 0.6) is 0 Å². The van der Waals surface area contributed by atoms with Crippen LogP contribution in [-0.4, -0.2) is 22.2 Å². The Morgan fingerprint density at radius 2 is 2.23 bits per heavy atom. The number of rotatable bonds is 3. The Balaban J connectivity index is 3.11. The summed E-state index contributed by atoms with van der Waals surface area (Å²) in [7, 11) is 0. The number of carbonyl (C=O) groups excluding carboxylic acids is 1. The lowest BCUT2D eigenvalue weighted by Crippen LogP contribution is -2.23. The summed E-state index contributed by atoms with van der Waals surface area (Å²) < 4.78 is 1.24. The molecule has 0 aliphatic heterocycles. The first kappa shape index (κ1) is 9.47. The van der Waals surface area contributed by atoms with Crippen LogP contribution >= 0.6 is 0 Å². The standard InChI is InChI=1S/C8H10N2O3/c9-8(13)6-1-2-7(12)10(5-6)3-4-11/h1-2,5,11H,3-4H2,(H2,9,13). The van der Waals surface area contributed by atoms with Gasteiger partial charge in [0.2, 0.25) is 5.91 Å². The van der Waals surface area contributed by atoms with Gasteiger partial charge in [-0.3, -0.25) is 9.59 Å². The van der Waals surface area contributed by atoms with E-state index in [2.05, 4.69) is 0 Å².